The molecule has 0 spiro atoms. The van der Waals surface area contributed by atoms with Crippen LogP contribution in [0.2, 0.25) is 0 Å². The molecule has 1 aliphatic heterocycles. The SMILES string of the molecule is CCCc1ccc(C(=O)N2CCC(CN)CC2)cc1. The number of likely N-dealkylation sites (tertiary alicyclic amines) is 1. The molecule has 0 aromatic heterocycles. The number of hydrogen-bond donors (Lipinski definition) is 1. The van der Waals surface area contributed by atoms with Crippen LogP contribution in [0, 0.1) is 5.92 Å². The molecule has 1 aliphatic rings. The van der Waals surface area contributed by atoms with Crippen molar-refractivity contribution in [2.75, 3.05) is 19.6 Å². The molecule has 0 aliphatic carbocycles. The summed E-state index contributed by atoms with van der Waals surface area (Å²) in [6.45, 7) is 4.60. The van der Waals surface area contributed by atoms with Crippen molar-refractivity contribution in [2.24, 2.45) is 11.7 Å². The standard InChI is InChI=1S/C16H24N2O/c1-2-3-13-4-6-15(7-5-13)16(19)18-10-8-14(12-17)9-11-18/h4-7,14H,2-3,8-12,17H2,1H3. The molecule has 104 valence electrons. The average molecular weight is 260 g/mol. The summed E-state index contributed by atoms with van der Waals surface area (Å²) in [5.41, 5.74) is 7.80. The fraction of sp³-hybridized carbons (Fsp3) is 0.562. The lowest BCUT2D eigenvalue weighted by Crippen LogP contribution is -2.40. The number of hydrogen-bond acceptors (Lipinski definition) is 2. The molecule has 3 heteroatoms. The smallest absolute Gasteiger partial charge is 0.253 e. The second kappa shape index (κ2) is 6.71. The minimum Gasteiger partial charge on any atom is -0.339 e. The third kappa shape index (κ3) is 3.57. The fourth-order valence-electron chi connectivity index (χ4n) is 2.66. The summed E-state index contributed by atoms with van der Waals surface area (Å²) < 4.78 is 0. The van der Waals surface area contributed by atoms with Crippen molar-refractivity contribution in [1.29, 1.82) is 0 Å². The third-order valence-corrected chi connectivity index (χ3v) is 3.97. The molecule has 0 bridgehead atoms. The van der Waals surface area contributed by atoms with Gasteiger partial charge in [-0.1, -0.05) is 25.5 Å². The largest absolute Gasteiger partial charge is 0.339 e. The van der Waals surface area contributed by atoms with Gasteiger partial charge in [0.1, 0.15) is 0 Å². The van der Waals surface area contributed by atoms with E-state index < -0.39 is 0 Å². The van der Waals surface area contributed by atoms with Gasteiger partial charge >= 0.3 is 0 Å². The molecule has 3 nitrogen and oxygen atoms in total. The summed E-state index contributed by atoms with van der Waals surface area (Å²) in [4.78, 5) is 14.3. The van der Waals surface area contributed by atoms with E-state index in [-0.39, 0.29) is 5.91 Å². The quantitative estimate of drug-likeness (QED) is 0.904. The van der Waals surface area contributed by atoms with Gasteiger partial charge in [0.05, 0.1) is 0 Å². The van der Waals surface area contributed by atoms with Crippen LogP contribution in [0.3, 0.4) is 0 Å². The van der Waals surface area contributed by atoms with Gasteiger partial charge in [0.25, 0.3) is 5.91 Å². The second-order valence-electron chi connectivity index (χ2n) is 5.42. The van der Waals surface area contributed by atoms with Gasteiger partial charge in [-0.15, -0.1) is 0 Å². The molecule has 0 unspecified atom stereocenters. The number of piperidine rings is 1. The number of aryl methyl sites for hydroxylation is 1. The summed E-state index contributed by atoms with van der Waals surface area (Å²) in [7, 11) is 0. The molecular weight excluding hydrogens is 236 g/mol. The highest BCUT2D eigenvalue weighted by Crippen LogP contribution is 2.18. The van der Waals surface area contributed by atoms with Crippen molar-refractivity contribution < 1.29 is 4.79 Å². The zero-order valence-corrected chi connectivity index (χ0v) is 11.8. The summed E-state index contributed by atoms with van der Waals surface area (Å²) in [6, 6.07) is 8.07. The molecule has 19 heavy (non-hydrogen) atoms. The van der Waals surface area contributed by atoms with Crippen LogP contribution in [-0.4, -0.2) is 30.4 Å². The predicted molar refractivity (Wildman–Crippen MR) is 78.1 cm³/mol. The number of amides is 1. The molecule has 2 N–H and O–H groups in total. The minimum absolute atomic E-state index is 0.165. The van der Waals surface area contributed by atoms with Crippen molar-refractivity contribution in [2.45, 2.75) is 32.6 Å². The molecule has 1 amide bonds. The van der Waals surface area contributed by atoms with Gasteiger partial charge in [-0.3, -0.25) is 4.79 Å². The average Bonchev–Trinajstić information content (AvgIpc) is 2.48. The van der Waals surface area contributed by atoms with E-state index in [9.17, 15) is 4.79 Å². The first-order valence-corrected chi connectivity index (χ1v) is 7.33. The van der Waals surface area contributed by atoms with E-state index >= 15 is 0 Å². The highest BCUT2D eigenvalue weighted by molar-refractivity contribution is 5.94. The Morgan fingerprint density at radius 1 is 1.26 bits per heavy atom. The maximum absolute atomic E-state index is 12.4. The zero-order chi connectivity index (χ0) is 13.7. The third-order valence-electron chi connectivity index (χ3n) is 3.97. The van der Waals surface area contributed by atoms with Crippen molar-refractivity contribution in [3.05, 3.63) is 35.4 Å². The number of benzene rings is 1. The normalized spacial score (nSPS) is 16.6. The summed E-state index contributed by atoms with van der Waals surface area (Å²) >= 11 is 0. The summed E-state index contributed by atoms with van der Waals surface area (Å²) in [5, 5.41) is 0. The van der Waals surface area contributed by atoms with Gasteiger partial charge in [0, 0.05) is 18.7 Å². The summed E-state index contributed by atoms with van der Waals surface area (Å²) in [6.07, 6.45) is 4.29. The first-order chi connectivity index (χ1) is 9.24. The Balaban J connectivity index is 1.96. The van der Waals surface area contributed by atoms with Crippen molar-refractivity contribution in [1.82, 2.24) is 4.90 Å². The predicted octanol–water partition coefficient (Wildman–Crippen LogP) is 2.45. The molecule has 0 radical (unpaired) electrons. The van der Waals surface area contributed by atoms with Crippen LogP contribution in [-0.2, 0) is 6.42 Å². The van der Waals surface area contributed by atoms with Crippen LogP contribution in [0.4, 0.5) is 0 Å². The lowest BCUT2D eigenvalue weighted by atomic mass is 9.96. The van der Waals surface area contributed by atoms with Crippen molar-refractivity contribution in [3.63, 3.8) is 0 Å². The molecular formula is C16H24N2O. The molecule has 2 rings (SSSR count). The Labute approximate surface area is 115 Å². The maximum atomic E-state index is 12.4. The molecule has 1 aromatic rings. The molecule has 0 saturated carbocycles. The van der Waals surface area contributed by atoms with Crippen molar-refractivity contribution in [3.8, 4) is 0 Å². The van der Waals surface area contributed by atoms with Gasteiger partial charge in [-0.25, -0.2) is 0 Å². The molecule has 0 atom stereocenters. The van der Waals surface area contributed by atoms with Crippen LogP contribution >= 0.6 is 0 Å². The summed E-state index contributed by atoms with van der Waals surface area (Å²) in [5.74, 6) is 0.759. The Hall–Kier alpha value is -1.35. The Kier molecular flexibility index (Phi) is 4.97. The number of nitrogens with two attached hydrogens (primary N) is 1. The van der Waals surface area contributed by atoms with E-state index in [1.165, 1.54) is 5.56 Å². The zero-order valence-electron chi connectivity index (χ0n) is 11.8. The Morgan fingerprint density at radius 3 is 2.42 bits per heavy atom. The van der Waals surface area contributed by atoms with Crippen LogP contribution in [0.1, 0.15) is 42.1 Å². The molecule has 1 heterocycles. The number of rotatable bonds is 4. The van der Waals surface area contributed by atoms with E-state index in [0.29, 0.717) is 5.92 Å². The monoisotopic (exact) mass is 260 g/mol. The van der Waals surface area contributed by atoms with Crippen molar-refractivity contribution >= 4 is 5.91 Å². The first-order valence-electron chi connectivity index (χ1n) is 7.33. The van der Waals surface area contributed by atoms with E-state index in [2.05, 4.69) is 19.1 Å². The maximum Gasteiger partial charge on any atom is 0.253 e. The minimum atomic E-state index is 0.165. The lowest BCUT2D eigenvalue weighted by molar-refractivity contribution is 0.0693. The van der Waals surface area contributed by atoms with Crippen LogP contribution in [0.25, 0.3) is 0 Å². The Morgan fingerprint density at radius 2 is 1.89 bits per heavy atom. The molecule has 1 saturated heterocycles. The number of carbonyl (C=O) groups excluding carboxylic acids is 1. The fourth-order valence-corrected chi connectivity index (χ4v) is 2.66. The second-order valence-corrected chi connectivity index (χ2v) is 5.42. The number of carbonyl (C=O) groups is 1. The number of nitrogens with zero attached hydrogens (tertiary/aromatic N) is 1. The van der Waals surface area contributed by atoms with E-state index in [1.807, 2.05) is 17.0 Å². The van der Waals surface area contributed by atoms with E-state index in [4.69, 9.17) is 5.73 Å². The highest BCUT2D eigenvalue weighted by atomic mass is 16.2. The van der Waals surface area contributed by atoms with Gasteiger partial charge < -0.3 is 10.6 Å². The van der Waals surface area contributed by atoms with Crippen LogP contribution in [0.5, 0.6) is 0 Å². The van der Waals surface area contributed by atoms with Crippen LogP contribution in [0.15, 0.2) is 24.3 Å². The Bertz CT molecular complexity index is 405. The van der Waals surface area contributed by atoms with Gasteiger partial charge in [-0.2, -0.15) is 0 Å². The molecule has 1 aromatic carbocycles. The molecule has 1 fully saturated rings. The van der Waals surface area contributed by atoms with Crippen LogP contribution < -0.4 is 5.73 Å². The van der Waals surface area contributed by atoms with Gasteiger partial charge in [0.15, 0.2) is 0 Å². The first kappa shape index (κ1) is 14.1. The van der Waals surface area contributed by atoms with Gasteiger partial charge in [-0.05, 0) is 49.4 Å². The lowest BCUT2D eigenvalue weighted by Gasteiger charge is -2.31. The topological polar surface area (TPSA) is 46.3 Å². The highest BCUT2D eigenvalue weighted by Gasteiger charge is 2.22. The van der Waals surface area contributed by atoms with E-state index in [0.717, 1.165) is 50.9 Å². The van der Waals surface area contributed by atoms with E-state index in [1.54, 1.807) is 0 Å². The van der Waals surface area contributed by atoms with Gasteiger partial charge in [0.2, 0.25) is 0 Å².